The maximum absolute atomic E-state index is 12.8. The summed E-state index contributed by atoms with van der Waals surface area (Å²) in [5.41, 5.74) is 7.30. The number of ether oxygens (including phenoxy) is 1. The quantitative estimate of drug-likeness (QED) is 0.447. The molecule has 1 aromatic carbocycles. The number of aromatic nitrogens is 7. The average Bonchev–Trinajstić information content (AvgIpc) is 3.49. The number of nitrogen functional groups attached to an aromatic ring is 1. The van der Waals surface area contributed by atoms with Crippen LogP contribution in [-0.2, 0) is 10.0 Å². The largest absolute Gasteiger partial charge is 0.476 e. The van der Waals surface area contributed by atoms with E-state index in [1.165, 1.54) is 43.8 Å². The zero-order valence-corrected chi connectivity index (χ0v) is 18.0. The van der Waals surface area contributed by atoms with Crippen molar-refractivity contribution in [1.82, 2.24) is 34.3 Å². The van der Waals surface area contributed by atoms with Gasteiger partial charge < -0.3 is 15.5 Å². The SMILES string of the molecule is Nc1nc(OCC2CCCCC2)c2[nH]c(-c3cccc(S(=O)(=O)n4ccnn4)c3)nc2n1. The Morgan fingerprint density at radius 2 is 2.00 bits per heavy atom. The van der Waals surface area contributed by atoms with Crippen LogP contribution in [0, 0.1) is 5.92 Å². The Balaban J connectivity index is 1.47. The van der Waals surface area contributed by atoms with Gasteiger partial charge in [0, 0.05) is 5.56 Å². The molecule has 0 aliphatic heterocycles. The minimum Gasteiger partial charge on any atom is -0.476 e. The molecule has 1 fully saturated rings. The minimum atomic E-state index is -3.86. The molecule has 11 nitrogen and oxygen atoms in total. The summed E-state index contributed by atoms with van der Waals surface area (Å²) < 4.78 is 32.3. The Morgan fingerprint density at radius 3 is 2.78 bits per heavy atom. The van der Waals surface area contributed by atoms with Crippen molar-refractivity contribution in [3.05, 3.63) is 36.7 Å². The van der Waals surface area contributed by atoms with E-state index >= 15 is 0 Å². The van der Waals surface area contributed by atoms with Crippen LogP contribution < -0.4 is 10.5 Å². The van der Waals surface area contributed by atoms with Crippen LogP contribution in [0.15, 0.2) is 41.6 Å². The van der Waals surface area contributed by atoms with E-state index < -0.39 is 10.0 Å². The number of rotatable bonds is 6. The molecule has 0 atom stereocenters. The zero-order chi connectivity index (χ0) is 22.1. The first-order valence-corrected chi connectivity index (χ1v) is 11.8. The second-order valence-electron chi connectivity index (χ2n) is 7.79. The van der Waals surface area contributed by atoms with Crippen LogP contribution in [0.3, 0.4) is 0 Å². The van der Waals surface area contributed by atoms with Crippen molar-refractivity contribution in [3.63, 3.8) is 0 Å². The topological polar surface area (TPSA) is 155 Å². The van der Waals surface area contributed by atoms with Crippen molar-refractivity contribution in [1.29, 1.82) is 0 Å². The predicted molar refractivity (Wildman–Crippen MR) is 116 cm³/mol. The lowest BCUT2D eigenvalue weighted by atomic mass is 9.90. The molecule has 1 saturated carbocycles. The van der Waals surface area contributed by atoms with Gasteiger partial charge in [-0.25, -0.2) is 4.98 Å². The van der Waals surface area contributed by atoms with Crippen LogP contribution in [0.2, 0.25) is 0 Å². The van der Waals surface area contributed by atoms with Gasteiger partial charge in [-0.15, -0.1) is 9.19 Å². The minimum absolute atomic E-state index is 0.0559. The summed E-state index contributed by atoms with van der Waals surface area (Å²) in [6.45, 7) is 0.561. The molecule has 0 radical (unpaired) electrons. The molecule has 3 N–H and O–H groups in total. The van der Waals surface area contributed by atoms with Crippen molar-refractivity contribution < 1.29 is 13.2 Å². The summed E-state index contributed by atoms with van der Waals surface area (Å²) >= 11 is 0. The predicted octanol–water partition coefficient (Wildman–Crippen LogP) is 2.39. The Morgan fingerprint density at radius 1 is 1.16 bits per heavy atom. The summed E-state index contributed by atoms with van der Waals surface area (Å²) in [4.78, 5) is 16.1. The van der Waals surface area contributed by atoms with Crippen molar-refractivity contribution in [2.24, 2.45) is 5.92 Å². The van der Waals surface area contributed by atoms with E-state index in [2.05, 4.69) is 30.2 Å². The standard InChI is InChI=1S/C20H22N8O3S/c21-20-25-18-16(19(26-20)31-12-13-5-2-1-3-6-13)23-17(24-18)14-7-4-8-15(11-14)32(29,30)28-10-9-22-27-28/h4,7-11,13H,1-3,5-6,12H2,(H3,21,23,24,25,26). The van der Waals surface area contributed by atoms with Gasteiger partial charge in [0.25, 0.3) is 10.0 Å². The molecule has 0 unspecified atom stereocenters. The average molecular weight is 455 g/mol. The molecule has 166 valence electrons. The third-order valence-electron chi connectivity index (χ3n) is 5.57. The van der Waals surface area contributed by atoms with E-state index in [1.807, 2.05) is 0 Å². The van der Waals surface area contributed by atoms with Crippen LogP contribution in [0.1, 0.15) is 32.1 Å². The molecule has 1 aliphatic carbocycles. The second kappa shape index (κ2) is 8.19. The smallest absolute Gasteiger partial charge is 0.284 e. The van der Waals surface area contributed by atoms with E-state index in [-0.39, 0.29) is 10.8 Å². The molecule has 3 aromatic heterocycles. The number of aromatic amines is 1. The molecule has 32 heavy (non-hydrogen) atoms. The molecule has 0 saturated heterocycles. The van der Waals surface area contributed by atoms with Crippen LogP contribution >= 0.6 is 0 Å². The molecule has 1 aliphatic rings. The molecular formula is C20H22N8O3S. The molecular weight excluding hydrogens is 432 g/mol. The van der Waals surface area contributed by atoms with Crippen LogP contribution in [0.5, 0.6) is 5.88 Å². The number of nitrogens with zero attached hydrogens (tertiary/aromatic N) is 6. The summed E-state index contributed by atoms with van der Waals surface area (Å²) in [7, 11) is -3.86. The highest BCUT2D eigenvalue weighted by Gasteiger charge is 2.21. The number of hydrogen-bond acceptors (Lipinski definition) is 9. The maximum Gasteiger partial charge on any atom is 0.284 e. The Kier molecular flexibility index (Phi) is 5.21. The number of benzene rings is 1. The van der Waals surface area contributed by atoms with Crippen molar-refractivity contribution in [2.75, 3.05) is 12.3 Å². The van der Waals surface area contributed by atoms with Crippen LogP contribution in [0.4, 0.5) is 5.95 Å². The van der Waals surface area contributed by atoms with Gasteiger partial charge in [0.1, 0.15) is 11.3 Å². The molecule has 3 heterocycles. The van der Waals surface area contributed by atoms with Gasteiger partial charge in [0.15, 0.2) is 5.65 Å². The Bertz CT molecular complexity index is 1340. The number of nitrogens with one attached hydrogen (secondary N) is 1. The van der Waals surface area contributed by atoms with Gasteiger partial charge in [-0.1, -0.05) is 36.6 Å². The fourth-order valence-electron chi connectivity index (χ4n) is 3.92. The number of anilines is 1. The number of imidazole rings is 1. The monoisotopic (exact) mass is 454 g/mol. The first kappa shape index (κ1) is 20.4. The fourth-order valence-corrected chi connectivity index (χ4v) is 5.01. The van der Waals surface area contributed by atoms with Crippen molar-refractivity contribution in [3.8, 4) is 17.3 Å². The second-order valence-corrected chi connectivity index (χ2v) is 9.59. The summed E-state index contributed by atoms with van der Waals surface area (Å²) in [6, 6.07) is 6.37. The lowest BCUT2D eigenvalue weighted by Gasteiger charge is -2.21. The van der Waals surface area contributed by atoms with E-state index in [0.29, 0.717) is 41.0 Å². The van der Waals surface area contributed by atoms with Gasteiger partial charge in [0.2, 0.25) is 11.8 Å². The third-order valence-corrected chi connectivity index (χ3v) is 7.10. The molecule has 12 heteroatoms. The first-order chi connectivity index (χ1) is 15.5. The summed E-state index contributed by atoms with van der Waals surface area (Å²) in [6.07, 6.45) is 8.58. The zero-order valence-electron chi connectivity index (χ0n) is 17.2. The highest BCUT2D eigenvalue weighted by Crippen LogP contribution is 2.29. The lowest BCUT2D eigenvalue weighted by molar-refractivity contribution is 0.205. The van der Waals surface area contributed by atoms with Gasteiger partial charge in [-0.05, 0) is 30.9 Å². The third kappa shape index (κ3) is 3.88. The van der Waals surface area contributed by atoms with Gasteiger partial charge in [-0.3, -0.25) is 0 Å². The van der Waals surface area contributed by atoms with Crippen LogP contribution in [0.25, 0.3) is 22.6 Å². The normalized spacial score (nSPS) is 15.2. The Hall–Kier alpha value is -3.54. The van der Waals surface area contributed by atoms with E-state index in [4.69, 9.17) is 10.5 Å². The number of fused-ring (bicyclic) bond motifs is 1. The van der Waals surface area contributed by atoms with Gasteiger partial charge in [0.05, 0.1) is 23.9 Å². The summed E-state index contributed by atoms with van der Waals surface area (Å²) in [5.74, 6) is 1.34. The number of H-pyrrole nitrogens is 1. The molecule has 4 aromatic rings. The molecule has 5 rings (SSSR count). The molecule has 0 spiro atoms. The fraction of sp³-hybridized carbons (Fsp3) is 0.350. The Labute approximate surface area is 184 Å². The van der Waals surface area contributed by atoms with E-state index in [9.17, 15) is 8.42 Å². The highest BCUT2D eigenvalue weighted by molar-refractivity contribution is 7.89. The number of nitrogens with two attached hydrogens (primary N) is 1. The first-order valence-electron chi connectivity index (χ1n) is 10.4. The van der Waals surface area contributed by atoms with Crippen LogP contribution in [-0.4, -0.2) is 49.4 Å². The van der Waals surface area contributed by atoms with Crippen molar-refractivity contribution in [2.45, 2.75) is 37.0 Å². The van der Waals surface area contributed by atoms with Crippen molar-refractivity contribution >= 4 is 27.1 Å². The van der Waals surface area contributed by atoms with Gasteiger partial charge >= 0.3 is 0 Å². The highest BCUT2D eigenvalue weighted by atomic mass is 32.2. The lowest BCUT2D eigenvalue weighted by Crippen LogP contribution is -2.16. The maximum atomic E-state index is 12.8. The molecule has 0 amide bonds. The van der Waals surface area contributed by atoms with E-state index in [1.54, 1.807) is 12.1 Å². The molecule has 0 bridgehead atoms. The number of hydrogen-bond donors (Lipinski definition) is 2. The van der Waals surface area contributed by atoms with Gasteiger partial charge in [-0.2, -0.15) is 18.4 Å². The summed E-state index contributed by atoms with van der Waals surface area (Å²) in [5, 5.41) is 7.16. The van der Waals surface area contributed by atoms with E-state index in [0.717, 1.165) is 16.9 Å².